The van der Waals surface area contributed by atoms with Crippen molar-refractivity contribution < 1.29 is 14.3 Å². The van der Waals surface area contributed by atoms with Crippen LogP contribution in [0.25, 0.3) is 0 Å². The van der Waals surface area contributed by atoms with E-state index in [9.17, 15) is 9.59 Å². The van der Waals surface area contributed by atoms with Gasteiger partial charge >= 0.3 is 0 Å². The molecule has 2 unspecified atom stereocenters. The number of carbonyl (C=O) groups excluding carboxylic acids is 2. The molecule has 0 radical (unpaired) electrons. The van der Waals surface area contributed by atoms with Crippen LogP contribution in [-0.4, -0.2) is 110 Å². The quantitative estimate of drug-likeness (QED) is 0.538. The maximum absolute atomic E-state index is 13.2. The van der Waals surface area contributed by atoms with E-state index in [-0.39, 0.29) is 24.2 Å². The molecule has 6 rings (SSSR count). The maximum Gasteiger partial charge on any atom is 0.228 e. The zero-order valence-electron chi connectivity index (χ0n) is 22.3. The van der Waals surface area contributed by atoms with Gasteiger partial charge in [-0.3, -0.25) is 14.5 Å². The number of halogens is 1. The van der Waals surface area contributed by atoms with Gasteiger partial charge in [0.05, 0.1) is 12.0 Å². The summed E-state index contributed by atoms with van der Waals surface area (Å²) in [5, 5.41) is 9.68. The fourth-order valence-corrected chi connectivity index (χ4v) is 6.18. The standard InChI is InChI=1S/C28H36ClN7O3/c29-22-3-5-23(6-4-22)36-19-21(18-27(36)37)28(38)35-15-13-34(14-16-35)26-8-7-25(30-31-26)33-11-9-32(10-12-33)20-24-2-1-17-39-24/h3-8,21,24H,1-2,9-20H2. The van der Waals surface area contributed by atoms with Gasteiger partial charge in [0, 0.05) is 89.2 Å². The molecular formula is C28H36ClN7O3. The number of ether oxygens (including phenoxy) is 1. The minimum atomic E-state index is -0.315. The van der Waals surface area contributed by atoms with Crippen LogP contribution in [0.15, 0.2) is 36.4 Å². The van der Waals surface area contributed by atoms with Gasteiger partial charge in [-0.25, -0.2) is 0 Å². The van der Waals surface area contributed by atoms with Crippen LogP contribution >= 0.6 is 11.6 Å². The molecule has 11 heteroatoms. The third kappa shape index (κ3) is 5.97. The minimum Gasteiger partial charge on any atom is -0.377 e. The summed E-state index contributed by atoms with van der Waals surface area (Å²) < 4.78 is 5.79. The lowest BCUT2D eigenvalue weighted by atomic mass is 10.1. The fourth-order valence-electron chi connectivity index (χ4n) is 6.05. The molecular weight excluding hydrogens is 518 g/mol. The van der Waals surface area contributed by atoms with Crippen LogP contribution in [-0.2, 0) is 14.3 Å². The molecule has 10 nitrogen and oxygen atoms in total. The molecule has 0 saturated carbocycles. The number of carbonyl (C=O) groups is 2. The van der Waals surface area contributed by atoms with Crippen molar-refractivity contribution in [2.45, 2.75) is 25.4 Å². The van der Waals surface area contributed by atoms with Gasteiger partial charge in [0.2, 0.25) is 11.8 Å². The molecule has 4 aliphatic heterocycles. The van der Waals surface area contributed by atoms with Crippen LogP contribution in [0.5, 0.6) is 0 Å². The number of hydrogen-bond acceptors (Lipinski definition) is 8. The Balaban J connectivity index is 0.970. The third-order valence-corrected chi connectivity index (χ3v) is 8.60. The van der Waals surface area contributed by atoms with Crippen molar-refractivity contribution >= 4 is 40.7 Å². The topological polar surface area (TPSA) is 85.4 Å². The zero-order valence-corrected chi connectivity index (χ0v) is 23.0. The van der Waals surface area contributed by atoms with Crippen LogP contribution in [0.4, 0.5) is 17.3 Å². The van der Waals surface area contributed by atoms with Crippen LogP contribution in [0, 0.1) is 5.92 Å². The predicted molar refractivity (Wildman–Crippen MR) is 150 cm³/mol. The summed E-state index contributed by atoms with van der Waals surface area (Å²) in [5.74, 6) is 1.48. The van der Waals surface area contributed by atoms with Crippen LogP contribution in [0.2, 0.25) is 5.02 Å². The first-order valence-electron chi connectivity index (χ1n) is 14.1. The van der Waals surface area contributed by atoms with Gasteiger partial charge in [-0.2, -0.15) is 0 Å². The first kappa shape index (κ1) is 26.3. The lowest BCUT2D eigenvalue weighted by Gasteiger charge is -2.37. The van der Waals surface area contributed by atoms with E-state index < -0.39 is 0 Å². The van der Waals surface area contributed by atoms with Crippen molar-refractivity contribution in [3.63, 3.8) is 0 Å². The Morgan fingerprint density at radius 2 is 1.54 bits per heavy atom. The van der Waals surface area contributed by atoms with Gasteiger partial charge in [-0.05, 0) is 49.2 Å². The highest BCUT2D eigenvalue weighted by Crippen LogP contribution is 2.28. The smallest absolute Gasteiger partial charge is 0.228 e. The van der Waals surface area contributed by atoms with Gasteiger partial charge in [-0.1, -0.05) is 11.6 Å². The Bertz CT molecular complexity index is 1140. The van der Waals surface area contributed by atoms with Gasteiger partial charge in [-0.15, -0.1) is 10.2 Å². The van der Waals surface area contributed by atoms with E-state index in [0.29, 0.717) is 43.9 Å². The van der Waals surface area contributed by atoms with Crippen LogP contribution in [0.1, 0.15) is 19.3 Å². The molecule has 4 aliphatic rings. The molecule has 2 atom stereocenters. The molecule has 1 aromatic heterocycles. The summed E-state index contributed by atoms with van der Waals surface area (Å²) in [7, 11) is 0. The molecule has 0 aliphatic carbocycles. The first-order valence-corrected chi connectivity index (χ1v) is 14.4. The predicted octanol–water partition coefficient (Wildman–Crippen LogP) is 2.13. The molecule has 2 amide bonds. The highest BCUT2D eigenvalue weighted by atomic mass is 35.5. The van der Waals surface area contributed by atoms with E-state index in [1.54, 1.807) is 17.0 Å². The van der Waals surface area contributed by atoms with Crippen LogP contribution < -0.4 is 14.7 Å². The van der Waals surface area contributed by atoms with Gasteiger partial charge in [0.15, 0.2) is 11.6 Å². The molecule has 0 spiro atoms. The highest BCUT2D eigenvalue weighted by Gasteiger charge is 2.38. The summed E-state index contributed by atoms with van der Waals surface area (Å²) >= 11 is 5.98. The number of piperazine rings is 2. The number of rotatable bonds is 6. The van der Waals surface area contributed by atoms with Crippen molar-refractivity contribution in [3.05, 3.63) is 41.4 Å². The average molecular weight is 554 g/mol. The van der Waals surface area contributed by atoms with Gasteiger partial charge < -0.3 is 24.3 Å². The van der Waals surface area contributed by atoms with Crippen molar-refractivity contribution in [2.24, 2.45) is 5.92 Å². The Morgan fingerprint density at radius 3 is 2.13 bits per heavy atom. The highest BCUT2D eigenvalue weighted by molar-refractivity contribution is 6.30. The zero-order chi connectivity index (χ0) is 26.8. The summed E-state index contributed by atoms with van der Waals surface area (Å²) in [5.41, 5.74) is 0.784. The number of benzene rings is 1. The van der Waals surface area contributed by atoms with E-state index in [0.717, 1.165) is 56.7 Å². The molecule has 0 N–H and O–H groups in total. The Kier molecular flexibility index (Phi) is 7.85. The Morgan fingerprint density at radius 1 is 0.897 bits per heavy atom. The van der Waals surface area contributed by atoms with E-state index >= 15 is 0 Å². The number of hydrogen-bond donors (Lipinski definition) is 0. The summed E-state index contributed by atoms with van der Waals surface area (Å²) in [4.78, 5) is 36.4. The van der Waals surface area contributed by atoms with Crippen molar-refractivity contribution in [2.75, 3.05) is 86.8 Å². The second-order valence-electron chi connectivity index (χ2n) is 10.9. The van der Waals surface area contributed by atoms with E-state index in [2.05, 4.69) is 31.0 Å². The lowest BCUT2D eigenvalue weighted by molar-refractivity contribution is -0.136. The first-order chi connectivity index (χ1) is 19.0. The molecule has 5 heterocycles. The maximum atomic E-state index is 13.2. The lowest BCUT2D eigenvalue weighted by Crippen LogP contribution is -2.51. The Labute approximate surface area is 234 Å². The van der Waals surface area contributed by atoms with Crippen molar-refractivity contribution in [1.82, 2.24) is 20.0 Å². The molecule has 4 saturated heterocycles. The molecule has 208 valence electrons. The van der Waals surface area contributed by atoms with Gasteiger partial charge in [0.25, 0.3) is 0 Å². The number of nitrogens with zero attached hydrogens (tertiary/aromatic N) is 7. The fraction of sp³-hybridized carbons (Fsp3) is 0.571. The SMILES string of the molecule is O=C(C1CC(=O)N(c2ccc(Cl)cc2)C1)N1CCN(c2ccc(N3CCN(CC4CCCO4)CC3)nn2)CC1. The summed E-state index contributed by atoms with van der Waals surface area (Å²) in [6.45, 7) is 8.89. The largest absolute Gasteiger partial charge is 0.377 e. The Hall–Kier alpha value is -2.95. The normalized spacial score (nSPS) is 24.6. The van der Waals surface area contributed by atoms with E-state index in [4.69, 9.17) is 16.3 Å². The van der Waals surface area contributed by atoms with Crippen LogP contribution in [0.3, 0.4) is 0 Å². The van der Waals surface area contributed by atoms with E-state index in [1.165, 1.54) is 12.8 Å². The molecule has 1 aromatic carbocycles. The van der Waals surface area contributed by atoms with Gasteiger partial charge in [0.1, 0.15) is 0 Å². The summed E-state index contributed by atoms with van der Waals surface area (Å²) in [6, 6.07) is 11.3. The molecule has 4 fully saturated rings. The average Bonchev–Trinajstić information content (AvgIpc) is 3.63. The minimum absolute atomic E-state index is 0.0195. The number of aromatic nitrogens is 2. The molecule has 2 aromatic rings. The second-order valence-corrected chi connectivity index (χ2v) is 11.3. The second kappa shape index (κ2) is 11.7. The number of amides is 2. The monoisotopic (exact) mass is 553 g/mol. The van der Waals surface area contributed by atoms with Crippen molar-refractivity contribution in [1.29, 1.82) is 0 Å². The van der Waals surface area contributed by atoms with E-state index in [1.807, 2.05) is 23.1 Å². The third-order valence-electron chi connectivity index (χ3n) is 8.35. The molecule has 0 bridgehead atoms. The van der Waals surface area contributed by atoms with Crippen molar-refractivity contribution in [3.8, 4) is 0 Å². The number of anilines is 3. The molecule has 39 heavy (non-hydrogen) atoms. The summed E-state index contributed by atoms with van der Waals surface area (Å²) in [6.07, 6.45) is 3.01.